The highest BCUT2D eigenvalue weighted by Gasteiger charge is 2.28. The summed E-state index contributed by atoms with van der Waals surface area (Å²) in [5, 5.41) is 6.07. The van der Waals surface area contributed by atoms with E-state index in [0.717, 1.165) is 18.7 Å². The molecule has 1 aromatic carbocycles. The van der Waals surface area contributed by atoms with E-state index in [0.29, 0.717) is 17.2 Å². The fourth-order valence-corrected chi connectivity index (χ4v) is 2.13. The summed E-state index contributed by atoms with van der Waals surface area (Å²) in [6.07, 6.45) is 0. The van der Waals surface area contributed by atoms with Crippen LogP contribution in [0.15, 0.2) is 18.2 Å². The fraction of sp³-hybridized carbons (Fsp3) is 0.467. The Hall–Kier alpha value is -1.88. The highest BCUT2D eigenvalue weighted by Crippen LogP contribution is 2.21. The SMILES string of the molecule is COC(=O)c1ccc(C)c(NC(=O)C(C)C2CNC2)c1. The zero-order valence-corrected chi connectivity index (χ0v) is 12.0. The zero-order valence-electron chi connectivity index (χ0n) is 12.0. The van der Waals surface area contributed by atoms with Crippen molar-refractivity contribution in [1.29, 1.82) is 0 Å². The lowest BCUT2D eigenvalue weighted by molar-refractivity contribution is -0.121. The number of nitrogens with one attached hydrogen (secondary N) is 2. The fourth-order valence-electron chi connectivity index (χ4n) is 2.13. The first-order valence-electron chi connectivity index (χ1n) is 6.73. The van der Waals surface area contributed by atoms with Crippen LogP contribution in [0.2, 0.25) is 0 Å². The Balaban J connectivity index is 2.11. The molecule has 2 N–H and O–H groups in total. The monoisotopic (exact) mass is 276 g/mol. The molecule has 0 spiro atoms. The highest BCUT2D eigenvalue weighted by molar-refractivity contribution is 5.96. The van der Waals surface area contributed by atoms with Crippen molar-refractivity contribution in [1.82, 2.24) is 5.32 Å². The minimum atomic E-state index is -0.406. The molecular weight excluding hydrogens is 256 g/mol. The van der Waals surface area contributed by atoms with E-state index in [1.54, 1.807) is 18.2 Å². The number of hydrogen-bond donors (Lipinski definition) is 2. The number of hydrogen-bond acceptors (Lipinski definition) is 4. The van der Waals surface area contributed by atoms with Crippen molar-refractivity contribution in [2.75, 3.05) is 25.5 Å². The number of aryl methyl sites for hydroxylation is 1. The van der Waals surface area contributed by atoms with Crippen molar-refractivity contribution < 1.29 is 14.3 Å². The Morgan fingerprint density at radius 3 is 2.65 bits per heavy atom. The number of anilines is 1. The van der Waals surface area contributed by atoms with Crippen molar-refractivity contribution in [3.63, 3.8) is 0 Å². The van der Waals surface area contributed by atoms with E-state index in [9.17, 15) is 9.59 Å². The number of carbonyl (C=O) groups is 2. The molecule has 0 bridgehead atoms. The van der Waals surface area contributed by atoms with Crippen molar-refractivity contribution >= 4 is 17.6 Å². The van der Waals surface area contributed by atoms with Crippen LogP contribution in [-0.4, -0.2) is 32.1 Å². The second kappa shape index (κ2) is 6.05. The molecule has 1 heterocycles. The minimum Gasteiger partial charge on any atom is -0.465 e. The predicted octanol–water partition coefficient (Wildman–Crippen LogP) is 1.58. The molecule has 0 aliphatic carbocycles. The van der Waals surface area contributed by atoms with E-state index >= 15 is 0 Å². The number of carbonyl (C=O) groups excluding carboxylic acids is 2. The molecule has 2 rings (SSSR count). The largest absolute Gasteiger partial charge is 0.465 e. The summed E-state index contributed by atoms with van der Waals surface area (Å²) in [4.78, 5) is 23.7. The van der Waals surface area contributed by atoms with Gasteiger partial charge in [0.25, 0.3) is 0 Å². The normalized spacial score (nSPS) is 16.1. The molecule has 20 heavy (non-hydrogen) atoms. The van der Waals surface area contributed by atoms with Gasteiger partial charge >= 0.3 is 5.97 Å². The molecule has 1 aliphatic rings. The van der Waals surface area contributed by atoms with Crippen LogP contribution < -0.4 is 10.6 Å². The maximum atomic E-state index is 12.2. The van der Waals surface area contributed by atoms with Gasteiger partial charge in [-0.15, -0.1) is 0 Å². The van der Waals surface area contributed by atoms with Gasteiger partial charge in [-0.3, -0.25) is 4.79 Å². The van der Waals surface area contributed by atoms with Crippen molar-refractivity contribution in [2.45, 2.75) is 13.8 Å². The third-order valence-corrected chi connectivity index (χ3v) is 3.85. The Labute approximate surface area is 118 Å². The number of amides is 1. The van der Waals surface area contributed by atoms with Gasteiger partial charge in [-0.25, -0.2) is 4.79 Å². The number of ether oxygens (including phenoxy) is 1. The molecule has 0 radical (unpaired) electrons. The van der Waals surface area contributed by atoms with Crippen molar-refractivity contribution in [3.8, 4) is 0 Å². The predicted molar refractivity (Wildman–Crippen MR) is 76.7 cm³/mol. The molecule has 1 aliphatic heterocycles. The van der Waals surface area contributed by atoms with E-state index in [4.69, 9.17) is 0 Å². The van der Waals surface area contributed by atoms with Gasteiger partial charge in [-0.05, 0) is 43.6 Å². The lowest BCUT2D eigenvalue weighted by Crippen LogP contribution is -2.48. The summed E-state index contributed by atoms with van der Waals surface area (Å²) in [5.74, 6) is -0.0742. The molecule has 5 nitrogen and oxygen atoms in total. The molecule has 0 saturated carbocycles. The molecule has 1 unspecified atom stereocenters. The Bertz CT molecular complexity index is 524. The highest BCUT2D eigenvalue weighted by atomic mass is 16.5. The lowest BCUT2D eigenvalue weighted by atomic mass is 9.88. The number of benzene rings is 1. The van der Waals surface area contributed by atoms with Crippen molar-refractivity contribution in [2.24, 2.45) is 11.8 Å². The average molecular weight is 276 g/mol. The molecule has 0 aromatic heterocycles. The van der Waals surface area contributed by atoms with Crippen LogP contribution in [0.3, 0.4) is 0 Å². The first-order valence-corrected chi connectivity index (χ1v) is 6.73. The summed E-state index contributed by atoms with van der Waals surface area (Å²) in [7, 11) is 1.34. The number of esters is 1. The number of methoxy groups -OCH3 is 1. The van der Waals surface area contributed by atoms with E-state index < -0.39 is 5.97 Å². The third-order valence-electron chi connectivity index (χ3n) is 3.85. The van der Waals surface area contributed by atoms with Gasteiger partial charge in [0.1, 0.15) is 0 Å². The van der Waals surface area contributed by atoms with Crippen LogP contribution in [0.4, 0.5) is 5.69 Å². The van der Waals surface area contributed by atoms with Crippen LogP contribution in [-0.2, 0) is 9.53 Å². The van der Waals surface area contributed by atoms with Gasteiger partial charge in [-0.2, -0.15) is 0 Å². The van der Waals surface area contributed by atoms with Crippen LogP contribution in [0.25, 0.3) is 0 Å². The van der Waals surface area contributed by atoms with Gasteiger partial charge in [0.15, 0.2) is 0 Å². The summed E-state index contributed by atoms with van der Waals surface area (Å²) in [5.41, 5.74) is 2.02. The molecule has 1 amide bonds. The molecule has 1 saturated heterocycles. The van der Waals surface area contributed by atoms with Gasteiger partial charge in [0, 0.05) is 11.6 Å². The summed E-state index contributed by atoms with van der Waals surface area (Å²) >= 11 is 0. The van der Waals surface area contributed by atoms with Crippen LogP contribution in [0.1, 0.15) is 22.8 Å². The average Bonchev–Trinajstić information content (AvgIpc) is 2.38. The Morgan fingerprint density at radius 1 is 1.40 bits per heavy atom. The zero-order chi connectivity index (χ0) is 14.7. The van der Waals surface area contributed by atoms with E-state index in [1.165, 1.54) is 7.11 Å². The van der Waals surface area contributed by atoms with Gasteiger partial charge in [0.05, 0.1) is 12.7 Å². The maximum absolute atomic E-state index is 12.2. The quantitative estimate of drug-likeness (QED) is 0.819. The molecule has 1 atom stereocenters. The van der Waals surface area contributed by atoms with E-state index in [2.05, 4.69) is 15.4 Å². The minimum absolute atomic E-state index is 0.0124. The second-order valence-corrected chi connectivity index (χ2v) is 5.22. The molecule has 1 aromatic rings. The number of rotatable bonds is 4. The first-order chi connectivity index (χ1) is 9.52. The summed E-state index contributed by atoms with van der Waals surface area (Å²) in [6, 6.07) is 5.15. The topological polar surface area (TPSA) is 67.4 Å². The first kappa shape index (κ1) is 14.5. The second-order valence-electron chi connectivity index (χ2n) is 5.22. The molecule has 108 valence electrons. The van der Waals surface area contributed by atoms with Crippen LogP contribution in [0, 0.1) is 18.8 Å². The Kier molecular flexibility index (Phi) is 4.39. The van der Waals surface area contributed by atoms with E-state index in [1.807, 2.05) is 13.8 Å². The third kappa shape index (κ3) is 2.99. The van der Waals surface area contributed by atoms with Gasteiger partial charge in [-0.1, -0.05) is 13.0 Å². The lowest BCUT2D eigenvalue weighted by Gasteiger charge is -2.31. The van der Waals surface area contributed by atoms with Crippen LogP contribution in [0.5, 0.6) is 0 Å². The Morgan fingerprint density at radius 2 is 2.10 bits per heavy atom. The molecule has 5 heteroatoms. The van der Waals surface area contributed by atoms with Crippen LogP contribution >= 0.6 is 0 Å². The summed E-state index contributed by atoms with van der Waals surface area (Å²) in [6.45, 7) is 5.60. The van der Waals surface area contributed by atoms with Crippen molar-refractivity contribution in [3.05, 3.63) is 29.3 Å². The van der Waals surface area contributed by atoms with E-state index in [-0.39, 0.29) is 11.8 Å². The van der Waals surface area contributed by atoms with Gasteiger partial charge in [0.2, 0.25) is 5.91 Å². The summed E-state index contributed by atoms with van der Waals surface area (Å²) < 4.78 is 4.69. The molecular formula is C15H20N2O3. The van der Waals surface area contributed by atoms with Gasteiger partial charge < -0.3 is 15.4 Å². The maximum Gasteiger partial charge on any atom is 0.337 e. The molecule has 1 fully saturated rings. The standard InChI is InChI=1S/C15H20N2O3/c1-9-4-5-11(15(19)20-3)6-13(9)17-14(18)10(2)12-7-16-8-12/h4-6,10,12,16H,7-8H2,1-3H3,(H,17,18). The smallest absolute Gasteiger partial charge is 0.337 e.